The third kappa shape index (κ3) is 4.44. The van der Waals surface area contributed by atoms with Crippen molar-refractivity contribution in [2.24, 2.45) is 0 Å². The number of aromatic nitrogens is 1. The molecule has 1 unspecified atom stereocenters. The van der Waals surface area contributed by atoms with Crippen LogP contribution in [0.4, 0.5) is 0 Å². The van der Waals surface area contributed by atoms with Crippen molar-refractivity contribution in [2.45, 2.75) is 45.3 Å². The van der Waals surface area contributed by atoms with Crippen molar-refractivity contribution in [2.75, 3.05) is 13.7 Å². The molecule has 0 aromatic carbocycles. The van der Waals surface area contributed by atoms with Crippen LogP contribution in [-0.4, -0.2) is 30.3 Å². The standard InChI is InChI=1S/C14H24N2O/c1-5-8-16-13(14(2,3)17-4)11-12-6-9-15-10-7-12/h6-7,9-10,13,16H,5,8,11H2,1-4H3. The fourth-order valence-electron chi connectivity index (χ4n) is 1.78. The van der Waals surface area contributed by atoms with E-state index in [9.17, 15) is 0 Å². The van der Waals surface area contributed by atoms with Gasteiger partial charge in [-0.1, -0.05) is 6.92 Å². The Morgan fingerprint density at radius 1 is 1.35 bits per heavy atom. The highest BCUT2D eigenvalue weighted by molar-refractivity contribution is 5.12. The third-order valence-electron chi connectivity index (χ3n) is 3.20. The zero-order valence-electron chi connectivity index (χ0n) is 11.4. The Morgan fingerprint density at radius 2 is 2.00 bits per heavy atom. The van der Waals surface area contributed by atoms with Crippen LogP contribution >= 0.6 is 0 Å². The van der Waals surface area contributed by atoms with Crippen LogP contribution < -0.4 is 5.32 Å². The fourth-order valence-corrected chi connectivity index (χ4v) is 1.78. The highest BCUT2D eigenvalue weighted by atomic mass is 16.5. The molecule has 0 amide bonds. The van der Waals surface area contributed by atoms with E-state index in [2.05, 4.69) is 43.2 Å². The van der Waals surface area contributed by atoms with Gasteiger partial charge < -0.3 is 10.1 Å². The zero-order chi connectivity index (χ0) is 12.7. The topological polar surface area (TPSA) is 34.2 Å². The van der Waals surface area contributed by atoms with E-state index in [0.29, 0.717) is 6.04 Å². The number of pyridine rings is 1. The molecule has 1 rings (SSSR count). The molecular formula is C14H24N2O. The van der Waals surface area contributed by atoms with Crippen LogP contribution in [0, 0.1) is 0 Å². The predicted octanol–water partition coefficient (Wildman–Crippen LogP) is 2.42. The monoisotopic (exact) mass is 236 g/mol. The maximum atomic E-state index is 5.59. The van der Waals surface area contributed by atoms with Crippen LogP contribution in [0.1, 0.15) is 32.8 Å². The van der Waals surface area contributed by atoms with Gasteiger partial charge in [0.2, 0.25) is 0 Å². The third-order valence-corrected chi connectivity index (χ3v) is 3.20. The molecule has 1 N–H and O–H groups in total. The van der Waals surface area contributed by atoms with Crippen molar-refractivity contribution in [3.63, 3.8) is 0 Å². The van der Waals surface area contributed by atoms with Crippen molar-refractivity contribution in [1.82, 2.24) is 10.3 Å². The Balaban J connectivity index is 2.70. The van der Waals surface area contributed by atoms with Crippen LogP contribution in [0.15, 0.2) is 24.5 Å². The van der Waals surface area contributed by atoms with Gasteiger partial charge in [0.15, 0.2) is 0 Å². The quantitative estimate of drug-likeness (QED) is 0.789. The Bertz CT molecular complexity index is 311. The lowest BCUT2D eigenvalue weighted by Gasteiger charge is -2.34. The van der Waals surface area contributed by atoms with Gasteiger partial charge in [-0.15, -0.1) is 0 Å². The summed E-state index contributed by atoms with van der Waals surface area (Å²) in [6.45, 7) is 7.45. The summed E-state index contributed by atoms with van der Waals surface area (Å²) in [4.78, 5) is 4.05. The van der Waals surface area contributed by atoms with E-state index in [-0.39, 0.29) is 5.60 Å². The molecular weight excluding hydrogens is 212 g/mol. The summed E-state index contributed by atoms with van der Waals surface area (Å²) in [5.74, 6) is 0. The molecule has 0 bridgehead atoms. The first kappa shape index (κ1) is 14.1. The molecule has 1 atom stereocenters. The molecule has 17 heavy (non-hydrogen) atoms. The minimum absolute atomic E-state index is 0.168. The largest absolute Gasteiger partial charge is 0.377 e. The van der Waals surface area contributed by atoms with Gasteiger partial charge in [-0.3, -0.25) is 4.98 Å². The number of hydrogen-bond donors (Lipinski definition) is 1. The molecule has 0 radical (unpaired) electrons. The molecule has 1 aromatic rings. The smallest absolute Gasteiger partial charge is 0.0778 e. The maximum absolute atomic E-state index is 5.59. The molecule has 1 heterocycles. The lowest BCUT2D eigenvalue weighted by atomic mass is 9.92. The molecule has 0 fully saturated rings. The Hall–Kier alpha value is -0.930. The van der Waals surface area contributed by atoms with E-state index in [1.807, 2.05) is 12.4 Å². The molecule has 0 aliphatic carbocycles. The van der Waals surface area contributed by atoms with Crippen LogP contribution in [-0.2, 0) is 11.2 Å². The van der Waals surface area contributed by atoms with E-state index in [4.69, 9.17) is 4.74 Å². The van der Waals surface area contributed by atoms with Gasteiger partial charge in [0.1, 0.15) is 0 Å². The molecule has 0 aliphatic rings. The van der Waals surface area contributed by atoms with E-state index in [1.54, 1.807) is 7.11 Å². The van der Waals surface area contributed by atoms with Crippen LogP contribution in [0.25, 0.3) is 0 Å². The van der Waals surface area contributed by atoms with Crippen molar-refractivity contribution >= 4 is 0 Å². The summed E-state index contributed by atoms with van der Waals surface area (Å²) >= 11 is 0. The lowest BCUT2D eigenvalue weighted by molar-refractivity contribution is -0.00998. The Morgan fingerprint density at radius 3 is 2.53 bits per heavy atom. The first-order valence-corrected chi connectivity index (χ1v) is 6.27. The maximum Gasteiger partial charge on any atom is 0.0778 e. The van der Waals surface area contributed by atoms with Gasteiger partial charge in [-0.25, -0.2) is 0 Å². The van der Waals surface area contributed by atoms with E-state index in [1.165, 1.54) is 5.56 Å². The number of nitrogens with zero attached hydrogens (tertiary/aromatic N) is 1. The first-order valence-electron chi connectivity index (χ1n) is 6.27. The average molecular weight is 236 g/mol. The van der Waals surface area contributed by atoms with Crippen LogP contribution in [0.5, 0.6) is 0 Å². The first-order chi connectivity index (χ1) is 8.10. The van der Waals surface area contributed by atoms with Gasteiger partial charge in [0.25, 0.3) is 0 Å². The van der Waals surface area contributed by atoms with Crippen LogP contribution in [0.2, 0.25) is 0 Å². The van der Waals surface area contributed by atoms with Gasteiger partial charge in [-0.2, -0.15) is 0 Å². The highest BCUT2D eigenvalue weighted by Gasteiger charge is 2.28. The summed E-state index contributed by atoms with van der Waals surface area (Å²) in [5.41, 5.74) is 1.12. The second-order valence-electron chi connectivity index (χ2n) is 4.87. The molecule has 0 saturated carbocycles. The van der Waals surface area contributed by atoms with Crippen LogP contribution in [0.3, 0.4) is 0 Å². The number of hydrogen-bond acceptors (Lipinski definition) is 3. The second kappa shape index (κ2) is 6.72. The second-order valence-corrected chi connectivity index (χ2v) is 4.87. The minimum Gasteiger partial charge on any atom is -0.377 e. The van der Waals surface area contributed by atoms with Gasteiger partial charge >= 0.3 is 0 Å². The molecule has 3 nitrogen and oxygen atoms in total. The average Bonchev–Trinajstić information content (AvgIpc) is 2.35. The van der Waals surface area contributed by atoms with Gasteiger partial charge in [-0.05, 0) is 50.9 Å². The molecule has 3 heteroatoms. The van der Waals surface area contributed by atoms with Crippen molar-refractivity contribution in [3.8, 4) is 0 Å². The van der Waals surface area contributed by atoms with E-state index in [0.717, 1.165) is 19.4 Å². The molecule has 0 spiro atoms. The summed E-state index contributed by atoms with van der Waals surface area (Å²) in [7, 11) is 1.77. The van der Waals surface area contributed by atoms with Crippen molar-refractivity contribution in [1.29, 1.82) is 0 Å². The highest BCUT2D eigenvalue weighted by Crippen LogP contribution is 2.17. The lowest BCUT2D eigenvalue weighted by Crippen LogP contribution is -2.49. The van der Waals surface area contributed by atoms with Crippen molar-refractivity contribution in [3.05, 3.63) is 30.1 Å². The SMILES string of the molecule is CCCNC(Cc1ccncc1)C(C)(C)OC. The summed E-state index contributed by atoms with van der Waals surface area (Å²) < 4.78 is 5.59. The van der Waals surface area contributed by atoms with Gasteiger partial charge in [0, 0.05) is 25.5 Å². The normalized spacial score (nSPS) is 13.6. The zero-order valence-corrected chi connectivity index (χ0v) is 11.4. The number of rotatable bonds is 7. The van der Waals surface area contributed by atoms with Gasteiger partial charge in [0.05, 0.1) is 5.60 Å². The fraction of sp³-hybridized carbons (Fsp3) is 0.643. The predicted molar refractivity (Wildman–Crippen MR) is 71.1 cm³/mol. The summed E-state index contributed by atoms with van der Waals surface area (Å²) in [5, 5.41) is 3.56. The number of nitrogens with one attached hydrogen (secondary N) is 1. The minimum atomic E-state index is -0.168. The Kier molecular flexibility index (Phi) is 5.59. The molecule has 1 aromatic heterocycles. The number of ether oxygens (including phenoxy) is 1. The van der Waals surface area contributed by atoms with Crippen molar-refractivity contribution < 1.29 is 4.74 Å². The number of methoxy groups -OCH3 is 1. The molecule has 96 valence electrons. The van der Waals surface area contributed by atoms with E-state index < -0.39 is 0 Å². The molecule has 0 saturated heterocycles. The summed E-state index contributed by atoms with van der Waals surface area (Å²) in [6, 6.07) is 4.44. The summed E-state index contributed by atoms with van der Waals surface area (Å²) in [6.07, 6.45) is 5.77. The Labute approximate surface area is 105 Å². The molecule has 0 aliphatic heterocycles. The van der Waals surface area contributed by atoms with E-state index >= 15 is 0 Å².